The summed E-state index contributed by atoms with van der Waals surface area (Å²) in [5.74, 6) is 2.76. The number of hydrogen-bond acceptors (Lipinski definition) is 4. The summed E-state index contributed by atoms with van der Waals surface area (Å²) in [5, 5.41) is 4.29. The maximum Gasteiger partial charge on any atom is 0.131 e. The smallest absolute Gasteiger partial charge is 0.131 e. The van der Waals surface area contributed by atoms with Crippen molar-refractivity contribution in [3.8, 4) is 0 Å². The third-order valence-corrected chi connectivity index (χ3v) is 3.64. The highest BCUT2D eigenvalue weighted by molar-refractivity contribution is 7.98. The summed E-state index contributed by atoms with van der Waals surface area (Å²) in [6.07, 6.45) is 0.859. The molecule has 0 radical (unpaired) electrons. The molecule has 0 atom stereocenters. The molecule has 2 rings (SSSR count). The molecule has 0 saturated heterocycles. The maximum atomic E-state index is 4.56. The topological polar surface area (TPSA) is 37.8 Å². The first-order chi connectivity index (χ1) is 9.31. The number of hydrogen-bond donors (Lipinski definition) is 1. The number of anilines is 1. The molecule has 0 bridgehead atoms. The van der Waals surface area contributed by atoms with Crippen LogP contribution in [0, 0.1) is 0 Å². The minimum Gasteiger partial charge on any atom is -0.370 e. The highest BCUT2D eigenvalue weighted by atomic mass is 32.2. The van der Waals surface area contributed by atoms with E-state index in [1.807, 2.05) is 12.1 Å². The van der Waals surface area contributed by atoms with Gasteiger partial charge in [0.1, 0.15) is 16.7 Å². The molecule has 0 fully saturated rings. The Labute approximate surface area is 118 Å². The molecule has 2 aromatic rings. The summed E-state index contributed by atoms with van der Waals surface area (Å²) < 4.78 is 0. The van der Waals surface area contributed by atoms with Gasteiger partial charge < -0.3 is 5.32 Å². The Morgan fingerprint density at radius 1 is 1.11 bits per heavy atom. The normalized spacial score (nSPS) is 10.4. The Bertz CT molecular complexity index is 514. The van der Waals surface area contributed by atoms with Gasteiger partial charge in [0.05, 0.1) is 0 Å². The van der Waals surface area contributed by atoms with Crippen LogP contribution < -0.4 is 5.32 Å². The lowest BCUT2D eigenvalue weighted by atomic mass is 10.2. The van der Waals surface area contributed by atoms with E-state index in [4.69, 9.17) is 0 Å². The number of nitrogens with one attached hydrogen (secondary N) is 1. The van der Waals surface area contributed by atoms with E-state index in [0.29, 0.717) is 0 Å². The molecule has 4 heteroatoms. The molecule has 1 heterocycles. The second-order valence-electron chi connectivity index (χ2n) is 4.17. The molecule has 3 nitrogen and oxygen atoms in total. The molecular weight excluding hydrogens is 254 g/mol. The first kappa shape index (κ1) is 13.9. The first-order valence-corrected chi connectivity index (χ1v) is 7.59. The minimum atomic E-state index is 0.859. The van der Waals surface area contributed by atoms with E-state index in [-0.39, 0.29) is 0 Å². The summed E-state index contributed by atoms with van der Waals surface area (Å²) >= 11 is 1.75. The van der Waals surface area contributed by atoms with Crippen LogP contribution in [0.5, 0.6) is 0 Å². The van der Waals surface area contributed by atoms with Gasteiger partial charge in [0.25, 0.3) is 0 Å². The third-order valence-electron chi connectivity index (χ3n) is 2.65. The van der Waals surface area contributed by atoms with Crippen LogP contribution in [0.3, 0.4) is 0 Å². The van der Waals surface area contributed by atoms with Gasteiger partial charge in [0, 0.05) is 24.8 Å². The van der Waals surface area contributed by atoms with Crippen molar-refractivity contribution in [3.05, 3.63) is 47.8 Å². The fourth-order valence-electron chi connectivity index (χ4n) is 1.71. The van der Waals surface area contributed by atoms with Gasteiger partial charge in [0.15, 0.2) is 0 Å². The van der Waals surface area contributed by atoms with E-state index in [2.05, 4.69) is 53.4 Å². The number of aryl methyl sites for hydroxylation is 1. The van der Waals surface area contributed by atoms with Crippen molar-refractivity contribution in [3.63, 3.8) is 0 Å². The summed E-state index contributed by atoms with van der Waals surface area (Å²) in [7, 11) is 0. The van der Waals surface area contributed by atoms with Gasteiger partial charge in [-0.1, -0.05) is 37.3 Å². The lowest BCUT2D eigenvalue weighted by molar-refractivity contribution is 0.887. The van der Waals surface area contributed by atoms with Crippen molar-refractivity contribution in [2.75, 3.05) is 11.9 Å². The zero-order valence-electron chi connectivity index (χ0n) is 11.4. The Hall–Kier alpha value is -1.55. The number of rotatable bonds is 6. The molecule has 0 saturated carbocycles. The Morgan fingerprint density at radius 3 is 2.58 bits per heavy atom. The molecular formula is C15H19N3S. The van der Waals surface area contributed by atoms with Crippen molar-refractivity contribution < 1.29 is 0 Å². The molecule has 100 valence electrons. The number of thioether (sulfide) groups is 1. The van der Waals surface area contributed by atoms with Crippen LogP contribution in [0.2, 0.25) is 0 Å². The second-order valence-corrected chi connectivity index (χ2v) is 5.16. The van der Waals surface area contributed by atoms with E-state index >= 15 is 0 Å². The monoisotopic (exact) mass is 273 g/mol. The molecule has 19 heavy (non-hydrogen) atoms. The van der Waals surface area contributed by atoms with Crippen molar-refractivity contribution >= 4 is 17.6 Å². The molecule has 0 spiro atoms. The Balaban J connectivity index is 2.08. The van der Waals surface area contributed by atoms with Gasteiger partial charge in [-0.15, -0.1) is 11.8 Å². The Morgan fingerprint density at radius 2 is 1.89 bits per heavy atom. The predicted molar refractivity (Wildman–Crippen MR) is 81.6 cm³/mol. The van der Waals surface area contributed by atoms with Crippen LogP contribution in [-0.4, -0.2) is 16.5 Å². The fourth-order valence-corrected chi connectivity index (χ4v) is 2.58. The summed E-state index contributed by atoms with van der Waals surface area (Å²) in [4.78, 5) is 9.02. The number of nitrogens with zero attached hydrogens (tertiary/aromatic N) is 2. The van der Waals surface area contributed by atoms with Gasteiger partial charge in [-0.05, 0) is 12.5 Å². The van der Waals surface area contributed by atoms with Crippen molar-refractivity contribution in [2.45, 2.75) is 31.0 Å². The molecule has 0 aliphatic carbocycles. The Kier molecular flexibility index (Phi) is 5.21. The van der Waals surface area contributed by atoms with Crippen LogP contribution >= 0.6 is 11.8 Å². The van der Waals surface area contributed by atoms with Crippen LogP contribution in [0.25, 0.3) is 0 Å². The maximum absolute atomic E-state index is 4.56. The lowest BCUT2D eigenvalue weighted by Crippen LogP contribution is -2.03. The quantitative estimate of drug-likeness (QED) is 0.642. The molecule has 0 aliphatic heterocycles. The van der Waals surface area contributed by atoms with Crippen LogP contribution in [0.1, 0.15) is 25.2 Å². The molecule has 0 aliphatic rings. The van der Waals surface area contributed by atoms with E-state index in [9.17, 15) is 0 Å². The molecule has 0 amide bonds. The van der Waals surface area contributed by atoms with Gasteiger partial charge in [0.2, 0.25) is 0 Å². The highest BCUT2D eigenvalue weighted by Crippen LogP contribution is 2.23. The first-order valence-electron chi connectivity index (χ1n) is 6.60. The minimum absolute atomic E-state index is 0.859. The van der Waals surface area contributed by atoms with Gasteiger partial charge in [-0.2, -0.15) is 0 Å². The van der Waals surface area contributed by atoms with Gasteiger partial charge in [-0.3, -0.25) is 0 Å². The summed E-state index contributed by atoms with van der Waals surface area (Å²) in [6.45, 7) is 5.03. The van der Waals surface area contributed by atoms with Crippen molar-refractivity contribution in [1.29, 1.82) is 0 Å². The van der Waals surface area contributed by atoms with E-state index in [1.165, 1.54) is 5.56 Å². The second kappa shape index (κ2) is 7.14. The molecule has 0 unspecified atom stereocenters. The van der Waals surface area contributed by atoms with E-state index in [1.54, 1.807) is 11.8 Å². The average Bonchev–Trinajstić information content (AvgIpc) is 2.46. The van der Waals surface area contributed by atoms with Crippen molar-refractivity contribution in [2.24, 2.45) is 0 Å². The average molecular weight is 273 g/mol. The lowest BCUT2D eigenvalue weighted by Gasteiger charge is -2.07. The zero-order chi connectivity index (χ0) is 13.5. The molecule has 1 aromatic carbocycles. The SMILES string of the molecule is CCNc1cc(SCc2ccccc2)nc(CC)n1. The number of aromatic nitrogens is 2. The summed E-state index contributed by atoms with van der Waals surface area (Å²) in [5.41, 5.74) is 1.31. The summed E-state index contributed by atoms with van der Waals surface area (Å²) in [6, 6.07) is 12.5. The highest BCUT2D eigenvalue weighted by Gasteiger charge is 2.04. The van der Waals surface area contributed by atoms with Crippen LogP contribution in [0.4, 0.5) is 5.82 Å². The molecule has 1 aromatic heterocycles. The van der Waals surface area contributed by atoms with E-state index in [0.717, 1.165) is 35.4 Å². The standard InChI is InChI=1S/C15H19N3S/c1-3-13-17-14(16-4-2)10-15(18-13)19-11-12-8-6-5-7-9-12/h5-10H,3-4,11H2,1-2H3,(H,16,17,18). The van der Waals surface area contributed by atoms with Gasteiger partial charge in [-0.25, -0.2) is 9.97 Å². The number of benzene rings is 1. The van der Waals surface area contributed by atoms with Crippen LogP contribution in [0.15, 0.2) is 41.4 Å². The van der Waals surface area contributed by atoms with Crippen LogP contribution in [-0.2, 0) is 12.2 Å². The zero-order valence-corrected chi connectivity index (χ0v) is 12.2. The third kappa shape index (κ3) is 4.24. The van der Waals surface area contributed by atoms with E-state index < -0.39 is 0 Å². The molecule has 1 N–H and O–H groups in total. The predicted octanol–water partition coefficient (Wildman–Crippen LogP) is 3.76. The van der Waals surface area contributed by atoms with Crippen molar-refractivity contribution in [1.82, 2.24) is 9.97 Å². The van der Waals surface area contributed by atoms with Gasteiger partial charge >= 0.3 is 0 Å². The largest absolute Gasteiger partial charge is 0.370 e. The fraction of sp³-hybridized carbons (Fsp3) is 0.333.